The average Bonchev–Trinajstić information content (AvgIpc) is 2.18. The van der Waals surface area contributed by atoms with Crippen LogP contribution in [0.3, 0.4) is 0 Å². The van der Waals surface area contributed by atoms with Gasteiger partial charge in [-0.25, -0.2) is 0 Å². The summed E-state index contributed by atoms with van der Waals surface area (Å²) in [6.45, 7) is 2.67. The van der Waals surface area contributed by atoms with Gasteiger partial charge in [-0.1, -0.05) is 17.7 Å². The monoisotopic (exact) mass is 214 g/mol. The maximum absolute atomic E-state index is 9.49. The second-order valence-corrected chi connectivity index (χ2v) is 3.57. The Kier molecular flexibility index (Phi) is 2.52. The van der Waals surface area contributed by atoms with Crippen LogP contribution in [0.5, 0.6) is 11.5 Å². The van der Waals surface area contributed by atoms with E-state index in [0.717, 1.165) is 0 Å². The minimum absolute atomic E-state index is 0.493. The Morgan fingerprint density at radius 1 is 1.29 bits per heavy atom. The lowest BCUT2D eigenvalue weighted by Crippen LogP contribution is -2.17. The van der Waals surface area contributed by atoms with E-state index in [9.17, 15) is 5.11 Å². The fraction of sp³-hybridized carbons (Fsp3) is 0.400. The van der Waals surface area contributed by atoms with Crippen LogP contribution in [0, 0.1) is 0 Å². The third-order valence-electron chi connectivity index (χ3n) is 2.12. The molecule has 0 fully saturated rings. The van der Waals surface area contributed by atoms with E-state index >= 15 is 0 Å². The van der Waals surface area contributed by atoms with E-state index in [1.165, 1.54) is 0 Å². The number of rotatable bonds is 1. The largest absolute Gasteiger partial charge is 0.486 e. The van der Waals surface area contributed by atoms with E-state index in [1.54, 1.807) is 19.1 Å². The Morgan fingerprint density at radius 3 is 2.57 bits per heavy atom. The molecule has 0 saturated carbocycles. The first-order chi connectivity index (χ1) is 6.70. The molecule has 0 radical (unpaired) electrons. The SMILES string of the molecule is CC(O)c1ccc(Cl)c2c1OCCO2. The topological polar surface area (TPSA) is 38.7 Å². The van der Waals surface area contributed by atoms with Gasteiger partial charge in [-0.05, 0) is 13.0 Å². The Bertz CT molecular complexity index is 349. The van der Waals surface area contributed by atoms with Gasteiger partial charge in [-0.3, -0.25) is 0 Å². The summed E-state index contributed by atoms with van der Waals surface area (Å²) >= 11 is 5.93. The molecule has 2 rings (SSSR count). The van der Waals surface area contributed by atoms with Crippen molar-refractivity contribution >= 4 is 11.6 Å². The first-order valence-corrected chi connectivity index (χ1v) is 4.84. The number of halogens is 1. The van der Waals surface area contributed by atoms with E-state index in [1.807, 2.05) is 0 Å². The first-order valence-electron chi connectivity index (χ1n) is 4.46. The van der Waals surface area contributed by atoms with Crippen LogP contribution in [-0.2, 0) is 0 Å². The molecule has 14 heavy (non-hydrogen) atoms. The quantitative estimate of drug-likeness (QED) is 0.779. The molecule has 0 aliphatic carbocycles. The third kappa shape index (κ3) is 1.53. The van der Waals surface area contributed by atoms with Crippen molar-refractivity contribution in [1.82, 2.24) is 0 Å². The zero-order valence-corrected chi connectivity index (χ0v) is 8.54. The number of hydrogen-bond acceptors (Lipinski definition) is 3. The minimum atomic E-state index is -0.581. The van der Waals surface area contributed by atoms with Gasteiger partial charge in [-0.15, -0.1) is 0 Å². The predicted molar refractivity (Wildman–Crippen MR) is 53.1 cm³/mol. The minimum Gasteiger partial charge on any atom is -0.486 e. The third-order valence-corrected chi connectivity index (χ3v) is 2.42. The van der Waals surface area contributed by atoms with Crippen LogP contribution in [0.1, 0.15) is 18.6 Å². The Morgan fingerprint density at radius 2 is 1.93 bits per heavy atom. The second-order valence-electron chi connectivity index (χ2n) is 3.17. The molecule has 0 saturated heterocycles. The van der Waals surface area contributed by atoms with Crippen LogP contribution in [0.4, 0.5) is 0 Å². The number of aliphatic hydroxyl groups excluding tert-OH is 1. The van der Waals surface area contributed by atoms with E-state index in [0.29, 0.717) is 35.3 Å². The molecule has 1 atom stereocenters. The number of hydrogen-bond donors (Lipinski definition) is 1. The average molecular weight is 215 g/mol. The summed E-state index contributed by atoms with van der Waals surface area (Å²) in [7, 11) is 0. The van der Waals surface area contributed by atoms with Crippen molar-refractivity contribution in [1.29, 1.82) is 0 Å². The molecule has 1 aromatic rings. The van der Waals surface area contributed by atoms with E-state index in [-0.39, 0.29) is 0 Å². The molecule has 0 amide bonds. The fourth-order valence-electron chi connectivity index (χ4n) is 1.45. The molecule has 76 valence electrons. The van der Waals surface area contributed by atoms with Gasteiger partial charge in [0.25, 0.3) is 0 Å². The summed E-state index contributed by atoms with van der Waals surface area (Å²) in [6.07, 6.45) is -0.581. The van der Waals surface area contributed by atoms with Crippen LogP contribution in [0.25, 0.3) is 0 Å². The standard InChI is InChI=1S/C10H11ClO3/c1-6(12)7-2-3-8(11)10-9(7)13-4-5-14-10/h2-3,6,12H,4-5H2,1H3. The molecule has 0 spiro atoms. The normalized spacial score (nSPS) is 16.5. The molecule has 1 aliphatic heterocycles. The molecule has 1 heterocycles. The maximum Gasteiger partial charge on any atom is 0.180 e. The molecule has 3 nitrogen and oxygen atoms in total. The fourth-order valence-corrected chi connectivity index (χ4v) is 1.66. The van der Waals surface area contributed by atoms with Crippen LogP contribution < -0.4 is 9.47 Å². The van der Waals surface area contributed by atoms with Crippen molar-refractivity contribution in [3.63, 3.8) is 0 Å². The smallest absolute Gasteiger partial charge is 0.180 e. The highest BCUT2D eigenvalue weighted by Crippen LogP contribution is 2.42. The molecule has 4 heteroatoms. The van der Waals surface area contributed by atoms with Gasteiger partial charge in [0, 0.05) is 5.56 Å². The molecule has 0 aromatic heterocycles. The highest BCUT2D eigenvalue weighted by molar-refractivity contribution is 6.32. The van der Waals surface area contributed by atoms with Gasteiger partial charge in [0.2, 0.25) is 0 Å². The van der Waals surface area contributed by atoms with E-state index in [2.05, 4.69) is 0 Å². The Labute approximate surface area is 87.2 Å². The summed E-state index contributed by atoms with van der Waals surface area (Å²) in [5, 5.41) is 10.0. The maximum atomic E-state index is 9.49. The zero-order valence-electron chi connectivity index (χ0n) is 7.79. The molecular formula is C10H11ClO3. The van der Waals surface area contributed by atoms with Gasteiger partial charge >= 0.3 is 0 Å². The lowest BCUT2D eigenvalue weighted by molar-refractivity contribution is 0.153. The van der Waals surface area contributed by atoms with Crippen LogP contribution in [0.15, 0.2) is 12.1 Å². The van der Waals surface area contributed by atoms with Gasteiger partial charge in [0.1, 0.15) is 13.2 Å². The van der Waals surface area contributed by atoms with Gasteiger partial charge in [0.05, 0.1) is 11.1 Å². The summed E-state index contributed by atoms with van der Waals surface area (Å²) < 4.78 is 10.8. The van der Waals surface area contributed by atoms with Gasteiger partial charge in [-0.2, -0.15) is 0 Å². The molecule has 1 aromatic carbocycles. The Hall–Kier alpha value is -0.930. The molecule has 1 unspecified atom stereocenters. The molecule has 1 aliphatic rings. The highest BCUT2D eigenvalue weighted by atomic mass is 35.5. The number of fused-ring (bicyclic) bond motifs is 1. The first kappa shape index (κ1) is 9.62. The van der Waals surface area contributed by atoms with Crippen molar-refractivity contribution < 1.29 is 14.6 Å². The second kappa shape index (κ2) is 3.67. The summed E-state index contributed by atoms with van der Waals surface area (Å²) in [4.78, 5) is 0. The van der Waals surface area contributed by atoms with Crippen LogP contribution in [-0.4, -0.2) is 18.3 Å². The molecule has 1 N–H and O–H groups in total. The van der Waals surface area contributed by atoms with Crippen molar-refractivity contribution in [2.45, 2.75) is 13.0 Å². The molecular weight excluding hydrogens is 204 g/mol. The highest BCUT2D eigenvalue weighted by Gasteiger charge is 2.21. The van der Waals surface area contributed by atoms with Crippen LogP contribution >= 0.6 is 11.6 Å². The summed E-state index contributed by atoms with van der Waals surface area (Å²) in [6, 6.07) is 3.46. The Balaban J connectivity index is 2.53. The van der Waals surface area contributed by atoms with Gasteiger partial charge in [0.15, 0.2) is 11.5 Å². The number of benzene rings is 1. The van der Waals surface area contributed by atoms with E-state index < -0.39 is 6.10 Å². The van der Waals surface area contributed by atoms with Crippen molar-refractivity contribution in [2.24, 2.45) is 0 Å². The van der Waals surface area contributed by atoms with Crippen molar-refractivity contribution in [3.8, 4) is 11.5 Å². The van der Waals surface area contributed by atoms with Crippen molar-refractivity contribution in [2.75, 3.05) is 13.2 Å². The molecule has 0 bridgehead atoms. The lowest BCUT2D eigenvalue weighted by Gasteiger charge is -2.22. The summed E-state index contributed by atoms with van der Waals surface area (Å²) in [5.41, 5.74) is 0.712. The lowest BCUT2D eigenvalue weighted by atomic mass is 10.1. The number of aliphatic hydroxyl groups is 1. The van der Waals surface area contributed by atoms with Crippen molar-refractivity contribution in [3.05, 3.63) is 22.7 Å². The van der Waals surface area contributed by atoms with Crippen LogP contribution in [0.2, 0.25) is 5.02 Å². The summed E-state index contributed by atoms with van der Waals surface area (Å²) in [5.74, 6) is 1.11. The zero-order chi connectivity index (χ0) is 10.1. The van der Waals surface area contributed by atoms with Gasteiger partial charge < -0.3 is 14.6 Å². The van der Waals surface area contributed by atoms with E-state index in [4.69, 9.17) is 21.1 Å². The number of ether oxygens (including phenoxy) is 2. The predicted octanol–water partition coefficient (Wildman–Crippen LogP) is 2.16.